The molecular formula is C14H29NO2. The molecule has 1 aliphatic carbocycles. The van der Waals surface area contributed by atoms with E-state index in [0.29, 0.717) is 6.42 Å². The van der Waals surface area contributed by atoms with Gasteiger partial charge in [-0.05, 0) is 32.1 Å². The highest BCUT2D eigenvalue weighted by Crippen LogP contribution is 2.21. The lowest BCUT2D eigenvalue weighted by molar-refractivity contribution is -0.150. The maximum atomic E-state index is 11.5. The predicted octanol–water partition coefficient (Wildman–Crippen LogP) is 4.38. The highest BCUT2D eigenvalue weighted by atomic mass is 16.5. The first-order chi connectivity index (χ1) is 7.83. The molecule has 0 aromatic heterocycles. The van der Waals surface area contributed by atoms with Gasteiger partial charge in [-0.15, -0.1) is 0 Å². The van der Waals surface area contributed by atoms with Crippen LogP contribution in [0.15, 0.2) is 0 Å². The van der Waals surface area contributed by atoms with Crippen molar-refractivity contribution in [3.05, 3.63) is 0 Å². The Labute approximate surface area is 106 Å². The van der Waals surface area contributed by atoms with Gasteiger partial charge in [-0.1, -0.05) is 39.0 Å². The van der Waals surface area contributed by atoms with Crippen LogP contribution in [0.2, 0.25) is 0 Å². The topological polar surface area (TPSA) is 61.3 Å². The molecule has 3 nitrogen and oxygen atoms in total. The molecule has 0 saturated heterocycles. The summed E-state index contributed by atoms with van der Waals surface area (Å²) in [6, 6.07) is 0. The molecule has 0 unspecified atom stereocenters. The molecule has 0 aliphatic heterocycles. The van der Waals surface area contributed by atoms with E-state index in [1.54, 1.807) is 0 Å². The van der Waals surface area contributed by atoms with E-state index in [0.717, 1.165) is 19.3 Å². The highest BCUT2D eigenvalue weighted by Gasteiger charge is 2.16. The van der Waals surface area contributed by atoms with E-state index in [9.17, 15) is 4.79 Å². The Kier molecular flexibility index (Phi) is 10.2. The van der Waals surface area contributed by atoms with Gasteiger partial charge in [0.05, 0.1) is 0 Å². The molecule has 0 amide bonds. The summed E-state index contributed by atoms with van der Waals surface area (Å²) in [7, 11) is 0. The number of ether oxygens (including phenoxy) is 1. The third-order valence-corrected chi connectivity index (χ3v) is 3.33. The molecule has 3 heteroatoms. The minimum Gasteiger partial charge on any atom is -0.462 e. The predicted molar refractivity (Wildman–Crippen MR) is 71.4 cm³/mol. The van der Waals surface area contributed by atoms with Crippen LogP contribution in [0.1, 0.15) is 77.6 Å². The first-order valence-corrected chi connectivity index (χ1v) is 7.02. The van der Waals surface area contributed by atoms with E-state index < -0.39 is 0 Å². The van der Waals surface area contributed by atoms with Crippen molar-refractivity contribution in [2.24, 2.45) is 0 Å². The molecule has 0 heterocycles. The second-order valence-corrected chi connectivity index (χ2v) is 4.91. The van der Waals surface area contributed by atoms with Crippen LogP contribution in [0.4, 0.5) is 0 Å². The van der Waals surface area contributed by atoms with Crippen molar-refractivity contribution in [1.29, 1.82) is 0 Å². The monoisotopic (exact) mass is 243 g/mol. The molecule has 0 bridgehead atoms. The van der Waals surface area contributed by atoms with Crippen molar-refractivity contribution in [2.75, 3.05) is 0 Å². The molecule has 1 saturated carbocycles. The van der Waals surface area contributed by atoms with Gasteiger partial charge in [0.1, 0.15) is 6.10 Å². The maximum Gasteiger partial charge on any atom is 0.306 e. The average Bonchev–Trinajstić information content (AvgIpc) is 2.30. The Hall–Kier alpha value is -0.570. The van der Waals surface area contributed by atoms with Crippen LogP contribution < -0.4 is 6.15 Å². The fourth-order valence-electron chi connectivity index (χ4n) is 2.30. The summed E-state index contributed by atoms with van der Waals surface area (Å²) in [5.41, 5.74) is 0. The number of carbonyl (C=O) groups is 1. The lowest BCUT2D eigenvalue weighted by Gasteiger charge is -2.21. The number of unbranched alkanes of at least 4 members (excludes halogenated alkanes) is 4. The van der Waals surface area contributed by atoms with Crippen LogP contribution >= 0.6 is 0 Å². The van der Waals surface area contributed by atoms with E-state index in [-0.39, 0.29) is 18.2 Å². The molecule has 1 fully saturated rings. The SMILES string of the molecule is CCCCCCCC(=O)OC1CCCCC1.N. The lowest BCUT2D eigenvalue weighted by atomic mass is 9.98. The smallest absolute Gasteiger partial charge is 0.306 e. The Morgan fingerprint density at radius 3 is 2.35 bits per heavy atom. The molecule has 0 radical (unpaired) electrons. The van der Waals surface area contributed by atoms with E-state index in [4.69, 9.17) is 4.74 Å². The van der Waals surface area contributed by atoms with Crippen LogP contribution in [0.3, 0.4) is 0 Å². The minimum absolute atomic E-state index is 0. The summed E-state index contributed by atoms with van der Waals surface area (Å²) >= 11 is 0. The standard InChI is InChI=1S/C14H26O2.H3N/c1-2-3-4-5-9-12-14(15)16-13-10-7-6-8-11-13;/h13H,2-12H2,1H3;1H3. The number of hydrogen-bond donors (Lipinski definition) is 1. The maximum absolute atomic E-state index is 11.5. The molecule has 1 rings (SSSR count). The van der Waals surface area contributed by atoms with Gasteiger partial charge >= 0.3 is 5.97 Å². The molecule has 0 aromatic carbocycles. The molecule has 17 heavy (non-hydrogen) atoms. The van der Waals surface area contributed by atoms with Crippen LogP contribution in [0, 0.1) is 0 Å². The number of esters is 1. The Morgan fingerprint density at radius 2 is 1.71 bits per heavy atom. The zero-order chi connectivity index (χ0) is 11.6. The third kappa shape index (κ3) is 8.19. The first-order valence-electron chi connectivity index (χ1n) is 7.02. The largest absolute Gasteiger partial charge is 0.462 e. The highest BCUT2D eigenvalue weighted by molar-refractivity contribution is 5.69. The van der Waals surface area contributed by atoms with Gasteiger partial charge in [-0.2, -0.15) is 0 Å². The Balaban J connectivity index is 0.00000256. The Morgan fingerprint density at radius 1 is 1.06 bits per heavy atom. The van der Waals surface area contributed by atoms with E-state index in [1.807, 2.05) is 0 Å². The molecule has 3 N–H and O–H groups in total. The van der Waals surface area contributed by atoms with Crippen LogP contribution in [0.5, 0.6) is 0 Å². The first kappa shape index (κ1) is 16.4. The molecular weight excluding hydrogens is 214 g/mol. The second kappa shape index (κ2) is 10.6. The number of rotatable bonds is 7. The van der Waals surface area contributed by atoms with Gasteiger partial charge in [-0.3, -0.25) is 4.79 Å². The average molecular weight is 243 g/mol. The summed E-state index contributed by atoms with van der Waals surface area (Å²) in [6.45, 7) is 2.21. The van der Waals surface area contributed by atoms with Crippen LogP contribution in [0.25, 0.3) is 0 Å². The van der Waals surface area contributed by atoms with Gasteiger partial charge in [0.15, 0.2) is 0 Å². The van der Waals surface area contributed by atoms with E-state index >= 15 is 0 Å². The number of hydrogen-bond acceptors (Lipinski definition) is 3. The fraction of sp³-hybridized carbons (Fsp3) is 0.929. The number of carbonyl (C=O) groups excluding carboxylic acids is 1. The lowest BCUT2D eigenvalue weighted by Crippen LogP contribution is -2.20. The zero-order valence-electron chi connectivity index (χ0n) is 11.4. The summed E-state index contributed by atoms with van der Waals surface area (Å²) in [5.74, 6) is 0.0309. The van der Waals surface area contributed by atoms with Gasteiger partial charge < -0.3 is 10.9 Å². The van der Waals surface area contributed by atoms with Crippen molar-refractivity contribution in [3.8, 4) is 0 Å². The van der Waals surface area contributed by atoms with E-state index in [2.05, 4.69) is 6.92 Å². The van der Waals surface area contributed by atoms with Crippen molar-refractivity contribution in [2.45, 2.75) is 83.7 Å². The molecule has 0 spiro atoms. The van der Waals surface area contributed by atoms with Gasteiger partial charge in [0.25, 0.3) is 0 Å². The Bertz CT molecular complexity index is 189. The second-order valence-electron chi connectivity index (χ2n) is 4.91. The zero-order valence-corrected chi connectivity index (χ0v) is 11.4. The van der Waals surface area contributed by atoms with Crippen molar-refractivity contribution < 1.29 is 9.53 Å². The summed E-state index contributed by atoms with van der Waals surface area (Å²) in [6.07, 6.45) is 12.8. The third-order valence-electron chi connectivity index (χ3n) is 3.33. The van der Waals surface area contributed by atoms with Crippen LogP contribution in [-0.4, -0.2) is 12.1 Å². The van der Waals surface area contributed by atoms with Crippen molar-refractivity contribution >= 4 is 5.97 Å². The fourth-order valence-corrected chi connectivity index (χ4v) is 2.30. The summed E-state index contributed by atoms with van der Waals surface area (Å²) < 4.78 is 5.46. The van der Waals surface area contributed by atoms with Crippen LogP contribution in [-0.2, 0) is 9.53 Å². The normalized spacial score (nSPS) is 16.3. The summed E-state index contributed by atoms with van der Waals surface area (Å²) in [5, 5.41) is 0. The minimum atomic E-state index is 0. The molecule has 102 valence electrons. The quantitative estimate of drug-likeness (QED) is 0.533. The molecule has 1 aliphatic rings. The summed E-state index contributed by atoms with van der Waals surface area (Å²) in [4.78, 5) is 11.5. The molecule has 0 aromatic rings. The van der Waals surface area contributed by atoms with Gasteiger partial charge in [0, 0.05) is 6.42 Å². The van der Waals surface area contributed by atoms with Gasteiger partial charge in [-0.25, -0.2) is 0 Å². The van der Waals surface area contributed by atoms with E-state index in [1.165, 1.54) is 44.9 Å². The van der Waals surface area contributed by atoms with Crippen molar-refractivity contribution in [3.63, 3.8) is 0 Å². The van der Waals surface area contributed by atoms with Gasteiger partial charge in [0.2, 0.25) is 0 Å². The van der Waals surface area contributed by atoms with Crippen molar-refractivity contribution in [1.82, 2.24) is 6.15 Å². The molecule has 0 atom stereocenters.